The first kappa shape index (κ1) is 11.4. The molecule has 0 unspecified atom stereocenters. The van der Waals surface area contributed by atoms with Gasteiger partial charge >= 0.3 is 0 Å². The third kappa shape index (κ3) is 2.38. The van der Waals surface area contributed by atoms with Crippen molar-refractivity contribution < 1.29 is 9.59 Å². The van der Waals surface area contributed by atoms with Crippen LogP contribution < -0.4 is 11.5 Å². The Hall–Kier alpha value is -2.04. The largest absolute Gasteiger partial charge is 0.398 e. The van der Waals surface area contributed by atoms with Gasteiger partial charge in [0.25, 0.3) is 0 Å². The molecule has 0 atom stereocenters. The number of likely N-dealkylation sites (tertiary alicyclic amines) is 1. The minimum atomic E-state index is -0.500. The van der Waals surface area contributed by atoms with Gasteiger partial charge in [0.1, 0.15) is 0 Å². The molecular formula is C12H15N3O2. The van der Waals surface area contributed by atoms with Gasteiger partial charge in [-0.2, -0.15) is 0 Å². The van der Waals surface area contributed by atoms with Gasteiger partial charge in [-0.25, -0.2) is 0 Å². The SMILES string of the molecule is NC(=O)c1ccc(CN2CCCC2=O)c(N)c1. The molecule has 5 nitrogen and oxygen atoms in total. The van der Waals surface area contributed by atoms with Crippen molar-refractivity contribution in [1.29, 1.82) is 0 Å². The number of primary amides is 1. The van der Waals surface area contributed by atoms with E-state index in [1.807, 2.05) is 0 Å². The summed E-state index contributed by atoms with van der Waals surface area (Å²) in [5.74, 6) is -0.344. The molecule has 0 bridgehead atoms. The molecule has 0 radical (unpaired) electrons. The third-order valence-corrected chi connectivity index (χ3v) is 2.96. The number of hydrogen-bond donors (Lipinski definition) is 2. The number of nitrogens with zero attached hydrogens (tertiary/aromatic N) is 1. The molecule has 1 aliphatic rings. The van der Waals surface area contributed by atoms with Crippen molar-refractivity contribution in [3.63, 3.8) is 0 Å². The number of carbonyl (C=O) groups is 2. The number of nitrogens with two attached hydrogens (primary N) is 2. The van der Waals surface area contributed by atoms with Gasteiger partial charge in [-0.3, -0.25) is 9.59 Å². The predicted octanol–water partition coefficient (Wildman–Crippen LogP) is 0.490. The number of anilines is 1. The summed E-state index contributed by atoms with van der Waals surface area (Å²) in [6.45, 7) is 1.28. The van der Waals surface area contributed by atoms with Gasteiger partial charge in [0, 0.05) is 30.8 Å². The first-order chi connectivity index (χ1) is 8.08. The zero-order valence-corrected chi connectivity index (χ0v) is 9.48. The molecule has 1 aromatic rings. The summed E-state index contributed by atoms with van der Waals surface area (Å²) in [7, 11) is 0. The van der Waals surface area contributed by atoms with E-state index in [2.05, 4.69) is 0 Å². The zero-order valence-electron chi connectivity index (χ0n) is 9.48. The fourth-order valence-electron chi connectivity index (χ4n) is 1.97. The van der Waals surface area contributed by atoms with Crippen LogP contribution in [0, 0.1) is 0 Å². The summed E-state index contributed by atoms with van der Waals surface area (Å²) in [6.07, 6.45) is 1.51. The molecule has 1 saturated heterocycles. The number of hydrogen-bond acceptors (Lipinski definition) is 3. The first-order valence-corrected chi connectivity index (χ1v) is 5.54. The van der Waals surface area contributed by atoms with Crippen LogP contribution >= 0.6 is 0 Å². The molecule has 0 aliphatic carbocycles. The van der Waals surface area contributed by atoms with Crippen LogP contribution in [0.3, 0.4) is 0 Å². The molecule has 4 N–H and O–H groups in total. The van der Waals surface area contributed by atoms with Crippen molar-refractivity contribution in [3.05, 3.63) is 29.3 Å². The van der Waals surface area contributed by atoms with Gasteiger partial charge in [0.05, 0.1) is 0 Å². The van der Waals surface area contributed by atoms with Crippen LogP contribution in [-0.4, -0.2) is 23.3 Å². The molecule has 1 aromatic carbocycles. The van der Waals surface area contributed by atoms with E-state index in [9.17, 15) is 9.59 Å². The number of carbonyl (C=O) groups excluding carboxylic acids is 2. The smallest absolute Gasteiger partial charge is 0.248 e. The van der Waals surface area contributed by atoms with E-state index in [0.717, 1.165) is 18.5 Å². The second-order valence-corrected chi connectivity index (χ2v) is 4.20. The van der Waals surface area contributed by atoms with E-state index in [1.54, 1.807) is 23.1 Å². The van der Waals surface area contributed by atoms with Crippen molar-refractivity contribution in [2.24, 2.45) is 5.73 Å². The Labute approximate surface area is 99.4 Å². The van der Waals surface area contributed by atoms with E-state index in [0.29, 0.717) is 24.2 Å². The predicted molar refractivity (Wildman–Crippen MR) is 64.0 cm³/mol. The Bertz CT molecular complexity index is 471. The highest BCUT2D eigenvalue weighted by molar-refractivity contribution is 5.93. The van der Waals surface area contributed by atoms with Crippen molar-refractivity contribution in [1.82, 2.24) is 4.90 Å². The Balaban J connectivity index is 2.16. The lowest BCUT2D eigenvalue weighted by atomic mass is 10.1. The van der Waals surface area contributed by atoms with Crippen LogP contribution in [0.15, 0.2) is 18.2 Å². The highest BCUT2D eigenvalue weighted by Gasteiger charge is 2.20. The van der Waals surface area contributed by atoms with E-state index >= 15 is 0 Å². The number of amides is 2. The summed E-state index contributed by atoms with van der Waals surface area (Å²) in [6, 6.07) is 4.94. The molecule has 2 rings (SSSR count). The normalized spacial score (nSPS) is 15.3. The number of benzene rings is 1. The fraction of sp³-hybridized carbons (Fsp3) is 0.333. The number of rotatable bonds is 3. The van der Waals surface area contributed by atoms with E-state index in [4.69, 9.17) is 11.5 Å². The van der Waals surface area contributed by atoms with Crippen LogP contribution in [0.2, 0.25) is 0 Å². The molecule has 0 spiro atoms. The molecular weight excluding hydrogens is 218 g/mol. The van der Waals surface area contributed by atoms with Crippen LogP contribution in [0.5, 0.6) is 0 Å². The zero-order chi connectivity index (χ0) is 12.4. The molecule has 1 heterocycles. The summed E-state index contributed by atoms with van der Waals surface area (Å²) >= 11 is 0. The molecule has 5 heteroatoms. The van der Waals surface area contributed by atoms with Crippen molar-refractivity contribution >= 4 is 17.5 Å². The van der Waals surface area contributed by atoms with Crippen LogP contribution in [0.1, 0.15) is 28.8 Å². The molecule has 90 valence electrons. The van der Waals surface area contributed by atoms with Crippen LogP contribution in [0.4, 0.5) is 5.69 Å². The monoisotopic (exact) mass is 233 g/mol. The molecule has 1 aliphatic heterocycles. The van der Waals surface area contributed by atoms with Gasteiger partial charge in [-0.15, -0.1) is 0 Å². The van der Waals surface area contributed by atoms with E-state index in [-0.39, 0.29) is 5.91 Å². The average Bonchev–Trinajstić information content (AvgIpc) is 2.67. The maximum absolute atomic E-state index is 11.5. The molecule has 17 heavy (non-hydrogen) atoms. The Kier molecular flexibility index (Phi) is 2.99. The van der Waals surface area contributed by atoms with Gasteiger partial charge in [0.15, 0.2) is 0 Å². The van der Waals surface area contributed by atoms with Crippen molar-refractivity contribution in [3.8, 4) is 0 Å². The lowest BCUT2D eigenvalue weighted by Gasteiger charge is -2.17. The fourth-order valence-corrected chi connectivity index (χ4v) is 1.97. The van der Waals surface area contributed by atoms with Crippen molar-refractivity contribution in [2.45, 2.75) is 19.4 Å². The molecule has 0 aromatic heterocycles. The van der Waals surface area contributed by atoms with Crippen molar-refractivity contribution in [2.75, 3.05) is 12.3 Å². The second kappa shape index (κ2) is 4.45. The van der Waals surface area contributed by atoms with Gasteiger partial charge < -0.3 is 16.4 Å². The highest BCUT2D eigenvalue weighted by Crippen LogP contribution is 2.19. The topological polar surface area (TPSA) is 89.4 Å². The van der Waals surface area contributed by atoms with Gasteiger partial charge in [0.2, 0.25) is 11.8 Å². The summed E-state index contributed by atoms with van der Waals surface area (Å²) in [4.78, 5) is 24.2. The minimum Gasteiger partial charge on any atom is -0.398 e. The maximum Gasteiger partial charge on any atom is 0.248 e. The summed E-state index contributed by atoms with van der Waals surface area (Å²) in [5, 5.41) is 0. The van der Waals surface area contributed by atoms with Crippen LogP contribution in [-0.2, 0) is 11.3 Å². The third-order valence-electron chi connectivity index (χ3n) is 2.96. The lowest BCUT2D eigenvalue weighted by Crippen LogP contribution is -2.24. The summed E-state index contributed by atoms with van der Waals surface area (Å²) < 4.78 is 0. The van der Waals surface area contributed by atoms with E-state index < -0.39 is 5.91 Å². The van der Waals surface area contributed by atoms with Gasteiger partial charge in [-0.05, 0) is 24.1 Å². The standard InChI is InChI=1S/C12H15N3O2/c13-10-6-8(12(14)17)3-4-9(10)7-15-5-1-2-11(15)16/h3-4,6H,1-2,5,7,13H2,(H2,14,17). The van der Waals surface area contributed by atoms with Crippen LogP contribution in [0.25, 0.3) is 0 Å². The average molecular weight is 233 g/mol. The Morgan fingerprint density at radius 3 is 2.71 bits per heavy atom. The first-order valence-electron chi connectivity index (χ1n) is 5.54. The number of nitrogen functional groups attached to an aromatic ring is 1. The Morgan fingerprint density at radius 2 is 2.18 bits per heavy atom. The molecule has 1 fully saturated rings. The molecule has 2 amide bonds. The maximum atomic E-state index is 11.5. The minimum absolute atomic E-state index is 0.156. The Morgan fingerprint density at radius 1 is 1.41 bits per heavy atom. The quantitative estimate of drug-likeness (QED) is 0.744. The second-order valence-electron chi connectivity index (χ2n) is 4.20. The van der Waals surface area contributed by atoms with Gasteiger partial charge in [-0.1, -0.05) is 6.07 Å². The van der Waals surface area contributed by atoms with E-state index in [1.165, 1.54) is 0 Å². The highest BCUT2D eigenvalue weighted by atomic mass is 16.2. The lowest BCUT2D eigenvalue weighted by molar-refractivity contribution is -0.128. The molecule has 0 saturated carbocycles. The summed E-state index contributed by atoms with van der Waals surface area (Å²) in [5.41, 5.74) is 12.7.